The van der Waals surface area contributed by atoms with Gasteiger partial charge in [0.1, 0.15) is 16.5 Å². The SMILES string of the molecule is COc1ccc(F)cc1S(=O)(=O)N[C@H]1CCCc2ccccc21. The zero-order valence-electron chi connectivity index (χ0n) is 12.8. The van der Waals surface area contributed by atoms with Crippen molar-refractivity contribution >= 4 is 10.0 Å². The van der Waals surface area contributed by atoms with Crippen LogP contribution >= 0.6 is 0 Å². The molecular formula is C17H18FNO3S. The Balaban J connectivity index is 1.96. The molecule has 3 rings (SSSR count). The van der Waals surface area contributed by atoms with Gasteiger partial charge in [-0.2, -0.15) is 0 Å². The second-order valence-corrected chi connectivity index (χ2v) is 7.24. The molecule has 1 aliphatic rings. The van der Waals surface area contributed by atoms with Gasteiger partial charge < -0.3 is 4.74 Å². The first-order chi connectivity index (χ1) is 11.0. The Morgan fingerprint density at radius 2 is 2.00 bits per heavy atom. The van der Waals surface area contributed by atoms with Crippen LogP contribution in [-0.2, 0) is 16.4 Å². The summed E-state index contributed by atoms with van der Waals surface area (Å²) >= 11 is 0. The highest BCUT2D eigenvalue weighted by molar-refractivity contribution is 7.89. The predicted octanol–water partition coefficient (Wildman–Crippen LogP) is 3.19. The topological polar surface area (TPSA) is 55.4 Å². The summed E-state index contributed by atoms with van der Waals surface area (Å²) in [7, 11) is -2.52. The van der Waals surface area contributed by atoms with Crippen molar-refractivity contribution < 1.29 is 17.5 Å². The maximum Gasteiger partial charge on any atom is 0.244 e. The van der Waals surface area contributed by atoms with E-state index < -0.39 is 15.8 Å². The van der Waals surface area contributed by atoms with Crippen molar-refractivity contribution in [2.24, 2.45) is 0 Å². The first kappa shape index (κ1) is 16.0. The van der Waals surface area contributed by atoms with Gasteiger partial charge in [-0.25, -0.2) is 17.5 Å². The second-order valence-electron chi connectivity index (χ2n) is 5.56. The Kier molecular flexibility index (Phi) is 4.37. The van der Waals surface area contributed by atoms with E-state index in [4.69, 9.17) is 4.74 Å². The molecule has 0 bridgehead atoms. The third-order valence-electron chi connectivity index (χ3n) is 4.08. The molecule has 1 aliphatic carbocycles. The van der Waals surface area contributed by atoms with Gasteiger partial charge in [-0.1, -0.05) is 24.3 Å². The third-order valence-corrected chi connectivity index (χ3v) is 5.57. The van der Waals surface area contributed by atoms with Crippen molar-refractivity contribution in [3.05, 3.63) is 59.4 Å². The van der Waals surface area contributed by atoms with E-state index in [9.17, 15) is 12.8 Å². The molecule has 1 N–H and O–H groups in total. The zero-order valence-corrected chi connectivity index (χ0v) is 13.6. The fraction of sp³-hybridized carbons (Fsp3) is 0.294. The summed E-state index contributed by atoms with van der Waals surface area (Å²) in [6, 6.07) is 11.0. The number of methoxy groups -OCH3 is 1. The summed E-state index contributed by atoms with van der Waals surface area (Å²) in [5.74, 6) is -0.488. The second kappa shape index (κ2) is 6.29. The molecular weight excluding hydrogens is 317 g/mol. The molecule has 0 spiro atoms. The van der Waals surface area contributed by atoms with Crippen LogP contribution in [0.4, 0.5) is 4.39 Å². The van der Waals surface area contributed by atoms with Gasteiger partial charge in [0.05, 0.1) is 7.11 Å². The predicted molar refractivity (Wildman–Crippen MR) is 85.4 cm³/mol. The van der Waals surface area contributed by atoms with E-state index >= 15 is 0 Å². The molecule has 0 aliphatic heterocycles. The van der Waals surface area contributed by atoms with Gasteiger partial charge in [0, 0.05) is 6.04 Å². The Labute approximate surface area is 135 Å². The van der Waals surface area contributed by atoms with Crippen LogP contribution in [0.5, 0.6) is 5.75 Å². The van der Waals surface area contributed by atoms with Crippen LogP contribution in [0.3, 0.4) is 0 Å². The highest BCUT2D eigenvalue weighted by Gasteiger charge is 2.27. The van der Waals surface area contributed by atoms with E-state index in [2.05, 4.69) is 4.72 Å². The highest BCUT2D eigenvalue weighted by atomic mass is 32.2. The van der Waals surface area contributed by atoms with Gasteiger partial charge in [-0.05, 0) is 48.6 Å². The van der Waals surface area contributed by atoms with Crippen LogP contribution in [0.25, 0.3) is 0 Å². The number of hydrogen-bond donors (Lipinski definition) is 1. The fourth-order valence-electron chi connectivity index (χ4n) is 2.99. The number of ether oxygens (including phenoxy) is 1. The number of nitrogens with one attached hydrogen (secondary N) is 1. The number of sulfonamides is 1. The van der Waals surface area contributed by atoms with E-state index in [0.29, 0.717) is 6.42 Å². The van der Waals surface area contributed by atoms with Crippen molar-refractivity contribution in [2.75, 3.05) is 7.11 Å². The smallest absolute Gasteiger partial charge is 0.244 e. The van der Waals surface area contributed by atoms with Crippen LogP contribution in [0, 0.1) is 5.82 Å². The standard InChI is InChI=1S/C17H18FNO3S/c1-22-16-10-9-13(18)11-17(16)23(20,21)19-15-8-4-6-12-5-2-3-7-14(12)15/h2-3,5,7,9-11,15,19H,4,6,8H2,1H3/t15-/m0/s1. The summed E-state index contributed by atoms with van der Waals surface area (Å²) in [4.78, 5) is -0.178. The third kappa shape index (κ3) is 3.23. The minimum atomic E-state index is -3.88. The lowest BCUT2D eigenvalue weighted by atomic mass is 9.88. The Hall–Kier alpha value is -1.92. The number of benzene rings is 2. The normalized spacial score (nSPS) is 17.6. The molecule has 0 fully saturated rings. The summed E-state index contributed by atoms with van der Waals surface area (Å²) < 4.78 is 46.6. The van der Waals surface area contributed by atoms with Crippen LogP contribution in [-0.4, -0.2) is 15.5 Å². The van der Waals surface area contributed by atoms with Crippen molar-refractivity contribution in [3.8, 4) is 5.75 Å². The summed E-state index contributed by atoms with van der Waals surface area (Å²) in [5.41, 5.74) is 2.13. The summed E-state index contributed by atoms with van der Waals surface area (Å²) in [6.07, 6.45) is 2.57. The summed E-state index contributed by atoms with van der Waals surface area (Å²) in [5, 5.41) is 0. The summed E-state index contributed by atoms with van der Waals surface area (Å²) in [6.45, 7) is 0. The minimum absolute atomic E-state index is 0.128. The Morgan fingerprint density at radius 3 is 2.78 bits per heavy atom. The largest absolute Gasteiger partial charge is 0.495 e. The first-order valence-electron chi connectivity index (χ1n) is 7.45. The van der Waals surface area contributed by atoms with E-state index in [1.54, 1.807) is 0 Å². The number of rotatable bonds is 4. The minimum Gasteiger partial charge on any atom is -0.495 e. The number of hydrogen-bond acceptors (Lipinski definition) is 3. The molecule has 1 atom stereocenters. The molecule has 6 heteroatoms. The van der Waals surface area contributed by atoms with Gasteiger partial charge in [-0.15, -0.1) is 0 Å². The van der Waals surface area contributed by atoms with Crippen molar-refractivity contribution in [3.63, 3.8) is 0 Å². The van der Waals surface area contributed by atoms with Gasteiger partial charge in [0.2, 0.25) is 10.0 Å². The van der Waals surface area contributed by atoms with E-state index in [1.807, 2.05) is 24.3 Å². The molecule has 0 heterocycles. The van der Waals surface area contributed by atoms with Gasteiger partial charge in [0.15, 0.2) is 0 Å². The van der Waals surface area contributed by atoms with E-state index in [1.165, 1.54) is 19.2 Å². The van der Waals surface area contributed by atoms with E-state index in [0.717, 1.165) is 30.0 Å². The van der Waals surface area contributed by atoms with Crippen LogP contribution in [0.1, 0.15) is 30.0 Å². The molecule has 0 saturated carbocycles. The van der Waals surface area contributed by atoms with Crippen LogP contribution in [0.2, 0.25) is 0 Å². The van der Waals surface area contributed by atoms with Crippen molar-refractivity contribution in [1.82, 2.24) is 4.72 Å². The highest BCUT2D eigenvalue weighted by Crippen LogP contribution is 2.32. The molecule has 0 aromatic heterocycles. The average Bonchev–Trinajstić information content (AvgIpc) is 2.55. The fourth-order valence-corrected chi connectivity index (χ4v) is 4.42. The quantitative estimate of drug-likeness (QED) is 0.933. The van der Waals surface area contributed by atoms with Crippen molar-refractivity contribution in [2.45, 2.75) is 30.2 Å². The first-order valence-corrected chi connectivity index (χ1v) is 8.93. The van der Waals surface area contributed by atoms with Gasteiger partial charge in [-0.3, -0.25) is 0 Å². The molecule has 2 aromatic rings. The lowest BCUT2D eigenvalue weighted by Crippen LogP contribution is -2.31. The lowest BCUT2D eigenvalue weighted by molar-refractivity contribution is 0.399. The molecule has 23 heavy (non-hydrogen) atoms. The van der Waals surface area contributed by atoms with Gasteiger partial charge >= 0.3 is 0 Å². The maximum absolute atomic E-state index is 13.5. The van der Waals surface area contributed by atoms with Crippen LogP contribution in [0.15, 0.2) is 47.4 Å². The number of aryl methyl sites for hydroxylation is 1. The molecule has 0 saturated heterocycles. The molecule has 0 amide bonds. The van der Waals surface area contributed by atoms with Crippen molar-refractivity contribution in [1.29, 1.82) is 0 Å². The molecule has 0 unspecified atom stereocenters. The number of halogens is 1. The van der Waals surface area contributed by atoms with E-state index in [-0.39, 0.29) is 16.7 Å². The number of fused-ring (bicyclic) bond motifs is 1. The Bertz CT molecular complexity index is 820. The molecule has 0 radical (unpaired) electrons. The Morgan fingerprint density at radius 1 is 1.22 bits per heavy atom. The van der Waals surface area contributed by atoms with Crippen LogP contribution < -0.4 is 9.46 Å². The monoisotopic (exact) mass is 335 g/mol. The lowest BCUT2D eigenvalue weighted by Gasteiger charge is -2.26. The maximum atomic E-state index is 13.5. The molecule has 4 nitrogen and oxygen atoms in total. The molecule has 2 aromatic carbocycles. The zero-order chi connectivity index (χ0) is 16.4. The molecule has 122 valence electrons. The average molecular weight is 335 g/mol. The van der Waals surface area contributed by atoms with Gasteiger partial charge in [0.25, 0.3) is 0 Å².